The van der Waals surface area contributed by atoms with Crippen molar-refractivity contribution in [2.45, 2.75) is 65.5 Å². The number of rotatable bonds is 5. The number of ether oxygens (including phenoxy) is 1. The monoisotopic (exact) mass is 313 g/mol. The van der Waals surface area contributed by atoms with Crippen molar-refractivity contribution in [3.05, 3.63) is 0 Å². The van der Waals surface area contributed by atoms with Crippen LogP contribution in [0.25, 0.3) is 0 Å². The molecule has 6 heteroatoms. The molecule has 22 heavy (non-hydrogen) atoms. The molecule has 0 aromatic heterocycles. The van der Waals surface area contributed by atoms with E-state index in [2.05, 4.69) is 5.32 Å². The first-order valence-corrected chi connectivity index (χ1v) is 8.03. The van der Waals surface area contributed by atoms with Crippen molar-refractivity contribution >= 4 is 12.0 Å². The second-order valence-corrected chi connectivity index (χ2v) is 7.70. The molecule has 0 aliphatic carbocycles. The second kappa shape index (κ2) is 7.31. The summed E-state index contributed by atoms with van der Waals surface area (Å²) in [6.45, 7) is 11.1. The molecule has 1 aliphatic rings. The molecule has 2 amide bonds. The van der Waals surface area contributed by atoms with E-state index in [0.717, 1.165) is 25.8 Å². The highest BCUT2D eigenvalue weighted by atomic mass is 16.6. The molecule has 1 fully saturated rings. The molecule has 6 nitrogen and oxygen atoms in total. The van der Waals surface area contributed by atoms with E-state index in [1.165, 1.54) is 0 Å². The molecule has 1 rings (SSSR count). The van der Waals surface area contributed by atoms with Crippen LogP contribution in [0.4, 0.5) is 4.79 Å². The minimum Gasteiger partial charge on any atom is -0.444 e. The number of hydrogen-bond donors (Lipinski definition) is 2. The molecule has 0 spiro atoms. The Morgan fingerprint density at radius 2 is 1.86 bits per heavy atom. The summed E-state index contributed by atoms with van der Waals surface area (Å²) in [5.74, 6) is -0.326. The summed E-state index contributed by atoms with van der Waals surface area (Å²) < 4.78 is 5.48. The lowest BCUT2D eigenvalue weighted by Gasteiger charge is -2.37. The maximum atomic E-state index is 12.3. The van der Waals surface area contributed by atoms with E-state index in [1.54, 1.807) is 4.90 Å². The SMILES string of the molecule is CC(C)(C)OC(=O)N1CCCCC1CNCC(C)(C)C(N)=O. The molecule has 1 unspecified atom stereocenters. The van der Waals surface area contributed by atoms with E-state index in [4.69, 9.17) is 10.5 Å². The van der Waals surface area contributed by atoms with Gasteiger partial charge >= 0.3 is 6.09 Å². The van der Waals surface area contributed by atoms with Gasteiger partial charge in [-0.15, -0.1) is 0 Å². The van der Waals surface area contributed by atoms with Gasteiger partial charge in [0.1, 0.15) is 5.60 Å². The summed E-state index contributed by atoms with van der Waals surface area (Å²) in [6, 6.07) is 0.104. The highest BCUT2D eigenvalue weighted by Crippen LogP contribution is 2.20. The molecular formula is C16H31N3O3. The highest BCUT2D eigenvalue weighted by Gasteiger charge is 2.31. The van der Waals surface area contributed by atoms with Crippen LogP contribution in [0, 0.1) is 5.41 Å². The van der Waals surface area contributed by atoms with E-state index in [9.17, 15) is 9.59 Å². The van der Waals surface area contributed by atoms with E-state index >= 15 is 0 Å². The quantitative estimate of drug-likeness (QED) is 0.811. The molecule has 0 bridgehead atoms. The summed E-state index contributed by atoms with van der Waals surface area (Å²) >= 11 is 0. The van der Waals surface area contributed by atoms with Gasteiger partial charge in [0.25, 0.3) is 0 Å². The Labute approximate surface area is 133 Å². The van der Waals surface area contributed by atoms with Crippen molar-refractivity contribution in [2.24, 2.45) is 11.1 Å². The fourth-order valence-electron chi connectivity index (χ4n) is 2.41. The van der Waals surface area contributed by atoms with Crippen molar-refractivity contribution in [1.82, 2.24) is 10.2 Å². The Hall–Kier alpha value is -1.30. The van der Waals surface area contributed by atoms with Crippen LogP contribution in [-0.4, -0.2) is 48.2 Å². The number of carbonyl (C=O) groups excluding carboxylic acids is 2. The van der Waals surface area contributed by atoms with Crippen LogP contribution in [0.2, 0.25) is 0 Å². The normalized spacial score (nSPS) is 19.9. The fraction of sp³-hybridized carbons (Fsp3) is 0.875. The summed E-state index contributed by atoms with van der Waals surface area (Å²) in [7, 11) is 0. The maximum absolute atomic E-state index is 12.3. The van der Waals surface area contributed by atoms with Crippen LogP contribution in [0.15, 0.2) is 0 Å². The topological polar surface area (TPSA) is 84.7 Å². The largest absolute Gasteiger partial charge is 0.444 e. The zero-order chi connectivity index (χ0) is 17.0. The Balaban J connectivity index is 2.55. The van der Waals surface area contributed by atoms with Crippen LogP contribution in [0.3, 0.4) is 0 Å². The number of amides is 2. The Bertz CT molecular complexity index is 402. The van der Waals surface area contributed by atoms with Gasteiger partial charge in [0.05, 0.1) is 5.41 Å². The average molecular weight is 313 g/mol. The summed E-state index contributed by atoms with van der Waals surface area (Å²) in [5, 5.41) is 3.27. The second-order valence-electron chi connectivity index (χ2n) is 7.70. The summed E-state index contributed by atoms with van der Waals surface area (Å²) in [4.78, 5) is 25.4. The first kappa shape index (κ1) is 18.7. The van der Waals surface area contributed by atoms with Gasteiger partial charge in [-0.3, -0.25) is 4.79 Å². The van der Waals surface area contributed by atoms with Crippen molar-refractivity contribution in [3.63, 3.8) is 0 Å². The third-order valence-corrected chi connectivity index (χ3v) is 3.87. The Morgan fingerprint density at radius 3 is 2.41 bits per heavy atom. The molecule has 0 aromatic carbocycles. The van der Waals surface area contributed by atoms with E-state index in [1.807, 2.05) is 34.6 Å². The van der Waals surface area contributed by atoms with Gasteiger partial charge in [-0.1, -0.05) is 0 Å². The maximum Gasteiger partial charge on any atom is 0.410 e. The zero-order valence-electron chi connectivity index (χ0n) is 14.6. The van der Waals surface area contributed by atoms with Crippen molar-refractivity contribution in [3.8, 4) is 0 Å². The van der Waals surface area contributed by atoms with E-state index < -0.39 is 11.0 Å². The predicted octanol–water partition coefficient (Wildman–Crippen LogP) is 1.88. The number of nitrogens with one attached hydrogen (secondary N) is 1. The number of carbonyl (C=O) groups is 2. The van der Waals surface area contributed by atoms with Crippen molar-refractivity contribution < 1.29 is 14.3 Å². The molecule has 1 saturated heterocycles. The molecule has 1 aliphatic heterocycles. The molecule has 0 aromatic rings. The van der Waals surface area contributed by atoms with Crippen LogP contribution in [-0.2, 0) is 9.53 Å². The Kier molecular flexibility index (Phi) is 6.23. The lowest BCUT2D eigenvalue weighted by atomic mass is 9.92. The molecule has 1 atom stereocenters. The number of piperidine rings is 1. The van der Waals surface area contributed by atoms with Crippen LogP contribution >= 0.6 is 0 Å². The van der Waals surface area contributed by atoms with Crippen LogP contribution < -0.4 is 11.1 Å². The van der Waals surface area contributed by atoms with E-state index in [0.29, 0.717) is 13.1 Å². The van der Waals surface area contributed by atoms with E-state index in [-0.39, 0.29) is 18.0 Å². The zero-order valence-corrected chi connectivity index (χ0v) is 14.6. The molecule has 3 N–H and O–H groups in total. The highest BCUT2D eigenvalue weighted by molar-refractivity contribution is 5.80. The minimum atomic E-state index is -0.592. The summed E-state index contributed by atoms with van der Waals surface area (Å²) in [5.41, 5.74) is 4.29. The molecule has 128 valence electrons. The number of primary amides is 1. The molecule has 1 heterocycles. The summed E-state index contributed by atoms with van der Waals surface area (Å²) in [6.07, 6.45) is 2.80. The van der Waals surface area contributed by atoms with Crippen LogP contribution in [0.1, 0.15) is 53.9 Å². The lowest BCUT2D eigenvalue weighted by molar-refractivity contribution is -0.125. The molecular weight excluding hydrogens is 282 g/mol. The molecule has 0 radical (unpaired) electrons. The minimum absolute atomic E-state index is 0.104. The van der Waals surface area contributed by atoms with Gasteiger partial charge in [0, 0.05) is 25.7 Å². The first-order chi connectivity index (χ1) is 10.0. The van der Waals surface area contributed by atoms with Gasteiger partial charge in [-0.05, 0) is 53.9 Å². The van der Waals surface area contributed by atoms with Crippen LogP contribution in [0.5, 0.6) is 0 Å². The average Bonchev–Trinajstić information content (AvgIpc) is 2.36. The fourth-order valence-corrected chi connectivity index (χ4v) is 2.41. The van der Waals surface area contributed by atoms with Gasteiger partial charge < -0.3 is 20.7 Å². The Morgan fingerprint density at radius 1 is 1.23 bits per heavy atom. The number of nitrogens with zero attached hydrogens (tertiary/aromatic N) is 1. The third kappa shape index (κ3) is 5.83. The van der Waals surface area contributed by atoms with Crippen molar-refractivity contribution in [1.29, 1.82) is 0 Å². The number of likely N-dealkylation sites (tertiary alicyclic amines) is 1. The van der Waals surface area contributed by atoms with Gasteiger partial charge in [0.15, 0.2) is 0 Å². The van der Waals surface area contributed by atoms with Gasteiger partial charge in [-0.25, -0.2) is 4.79 Å². The third-order valence-electron chi connectivity index (χ3n) is 3.87. The standard InChI is InChI=1S/C16H31N3O3/c1-15(2,3)22-14(21)19-9-7-6-8-12(19)10-18-11-16(4,5)13(17)20/h12,18H,6-11H2,1-5H3,(H2,17,20). The lowest BCUT2D eigenvalue weighted by Crippen LogP contribution is -2.51. The first-order valence-electron chi connectivity index (χ1n) is 8.03. The number of hydrogen-bond acceptors (Lipinski definition) is 4. The smallest absolute Gasteiger partial charge is 0.410 e. The predicted molar refractivity (Wildman–Crippen MR) is 86.4 cm³/mol. The number of nitrogens with two attached hydrogens (primary N) is 1. The van der Waals surface area contributed by atoms with Crippen molar-refractivity contribution in [2.75, 3.05) is 19.6 Å². The van der Waals surface area contributed by atoms with Gasteiger partial charge in [-0.2, -0.15) is 0 Å². The van der Waals surface area contributed by atoms with Gasteiger partial charge in [0.2, 0.25) is 5.91 Å². The molecule has 0 saturated carbocycles.